The van der Waals surface area contributed by atoms with E-state index in [9.17, 15) is 5.11 Å². The third-order valence-electron chi connectivity index (χ3n) is 3.72. The normalized spacial score (nSPS) is 16.9. The predicted octanol–water partition coefficient (Wildman–Crippen LogP) is 2.38. The maximum absolute atomic E-state index is 10.2. The van der Waals surface area contributed by atoms with E-state index in [1.54, 1.807) is 0 Å². The summed E-state index contributed by atoms with van der Waals surface area (Å²) in [4.78, 5) is 13.3. The Kier molecular flexibility index (Phi) is 3.52. The molecule has 0 spiro atoms. The van der Waals surface area contributed by atoms with Crippen molar-refractivity contribution in [2.75, 3.05) is 18.1 Å². The van der Waals surface area contributed by atoms with Crippen molar-refractivity contribution in [3.63, 3.8) is 0 Å². The van der Waals surface area contributed by atoms with Crippen molar-refractivity contribution < 1.29 is 5.11 Å². The minimum absolute atomic E-state index is 0.525. The SMILES string of the molecule is CSc1ncc2cc(C)nc(NCC3(O)CCC3)c2n1. The number of fused-ring (bicyclic) bond motifs is 1. The number of nitrogens with one attached hydrogen (secondary N) is 1. The molecular weight excluding hydrogens is 272 g/mol. The van der Waals surface area contributed by atoms with Gasteiger partial charge in [-0.1, -0.05) is 11.8 Å². The van der Waals surface area contributed by atoms with Crippen molar-refractivity contribution in [3.8, 4) is 0 Å². The third kappa shape index (κ3) is 2.58. The summed E-state index contributed by atoms with van der Waals surface area (Å²) in [5.41, 5.74) is 1.16. The lowest BCUT2D eigenvalue weighted by atomic mass is 9.80. The number of nitrogens with zero attached hydrogens (tertiary/aromatic N) is 3. The molecule has 2 aromatic heterocycles. The Labute approximate surface area is 122 Å². The molecule has 0 aromatic carbocycles. The predicted molar refractivity (Wildman–Crippen MR) is 81.1 cm³/mol. The van der Waals surface area contributed by atoms with Gasteiger partial charge in [0.15, 0.2) is 11.0 Å². The van der Waals surface area contributed by atoms with E-state index in [4.69, 9.17) is 0 Å². The molecule has 0 unspecified atom stereocenters. The van der Waals surface area contributed by atoms with Gasteiger partial charge in [0.1, 0.15) is 5.52 Å². The first-order valence-corrected chi connectivity index (χ1v) is 7.97. The van der Waals surface area contributed by atoms with Gasteiger partial charge in [-0.05, 0) is 38.5 Å². The fourth-order valence-electron chi connectivity index (χ4n) is 2.39. The van der Waals surface area contributed by atoms with Crippen LogP contribution < -0.4 is 5.32 Å². The van der Waals surface area contributed by atoms with Crippen LogP contribution in [0.3, 0.4) is 0 Å². The van der Waals surface area contributed by atoms with Gasteiger partial charge in [-0.25, -0.2) is 15.0 Å². The largest absolute Gasteiger partial charge is 0.388 e. The molecule has 0 radical (unpaired) electrons. The molecule has 1 saturated carbocycles. The molecule has 3 rings (SSSR count). The smallest absolute Gasteiger partial charge is 0.187 e. The van der Waals surface area contributed by atoms with E-state index in [0.29, 0.717) is 6.54 Å². The Morgan fingerprint density at radius 2 is 2.20 bits per heavy atom. The average molecular weight is 290 g/mol. The Hall–Kier alpha value is -1.40. The van der Waals surface area contributed by atoms with Crippen LogP contribution in [-0.4, -0.2) is 38.5 Å². The first-order valence-electron chi connectivity index (χ1n) is 6.74. The zero-order valence-corrected chi connectivity index (χ0v) is 12.5. The van der Waals surface area contributed by atoms with Crippen LogP contribution in [0.5, 0.6) is 0 Å². The van der Waals surface area contributed by atoms with Crippen molar-refractivity contribution in [2.24, 2.45) is 0 Å². The third-order valence-corrected chi connectivity index (χ3v) is 4.29. The van der Waals surface area contributed by atoms with Crippen LogP contribution in [-0.2, 0) is 0 Å². The molecule has 20 heavy (non-hydrogen) atoms. The molecule has 2 N–H and O–H groups in total. The summed E-state index contributed by atoms with van der Waals surface area (Å²) in [5, 5.41) is 15.1. The number of thioether (sulfide) groups is 1. The van der Waals surface area contributed by atoms with Crippen molar-refractivity contribution in [1.29, 1.82) is 0 Å². The molecule has 1 aliphatic carbocycles. The lowest BCUT2D eigenvalue weighted by molar-refractivity contribution is -0.0202. The van der Waals surface area contributed by atoms with Gasteiger partial charge in [0, 0.05) is 23.8 Å². The Morgan fingerprint density at radius 1 is 1.40 bits per heavy atom. The van der Waals surface area contributed by atoms with Crippen molar-refractivity contribution in [1.82, 2.24) is 15.0 Å². The summed E-state index contributed by atoms with van der Waals surface area (Å²) < 4.78 is 0. The molecule has 1 fully saturated rings. The summed E-state index contributed by atoms with van der Waals surface area (Å²) >= 11 is 1.51. The molecule has 106 valence electrons. The average Bonchev–Trinajstić information content (AvgIpc) is 2.42. The van der Waals surface area contributed by atoms with E-state index in [1.807, 2.05) is 25.4 Å². The highest BCUT2D eigenvalue weighted by Crippen LogP contribution is 2.32. The number of aromatic nitrogens is 3. The number of pyridine rings is 1. The topological polar surface area (TPSA) is 70.9 Å². The fourth-order valence-corrected chi connectivity index (χ4v) is 2.73. The zero-order valence-electron chi connectivity index (χ0n) is 11.7. The van der Waals surface area contributed by atoms with Gasteiger partial charge in [-0.3, -0.25) is 0 Å². The molecule has 1 aliphatic rings. The van der Waals surface area contributed by atoms with Gasteiger partial charge in [-0.2, -0.15) is 0 Å². The molecule has 0 saturated heterocycles. The second-order valence-electron chi connectivity index (χ2n) is 5.34. The molecule has 2 heterocycles. The van der Waals surface area contributed by atoms with Crippen LogP contribution in [0, 0.1) is 6.92 Å². The van der Waals surface area contributed by atoms with E-state index in [0.717, 1.165) is 46.8 Å². The molecule has 5 nitrogen and oxygen atoms in total. The summed E-state index contributed by atoms with van der Waals surface area (Å²) in [7, 11) is 0. The van der Waals surface area contributed by atoms with Crippen LogP contribution in [0.25, 0.3) is 10.9 Å². The molecule has 0 amide bonds. The highest BCUT2D eigenvalue weighted by Gasteiger charge is 2.34. The zero-order chi connectivity index (χ0) is 14.2. The lowest BCUT2D eigenvalue weighted by Gasteiger charge is -2.36. The number of aliphatic hydroxyl groups is 1. The number of hydrogen-bond donors (Lipinski definition) is 2. The quantitative estimate of drug-likeness (QED) is 0.665. The van der Waals surface area contributed by atoms with E-state index in [2.05, 4.69) is 20.3 Å². The van der Waals surface area contributed by atoms with Crippen LogP contribution in [0.15, 0.2) is 17.4 Å². The van der Waals surface area contributed by atoms with E-state index >= 15 is 0 Å². The van der Waals surface area contributed by atoms with Gasteiger partial charge in [0.05, 0.1) is 5.60 Å². The number of aryl methyl sites for hydroxylation is 1. The summed E-state index contributed by atoms with van der Waals surface area (Å²) in [5.74, 6) is 0.734. The maximum Gasteiger partial charge on any atom is 0.187 e. The summed E-state index contributed by atoms with van der Waals surface area (Å²) in [6, 6.07) is 1.97. The highest BCUT2D eigenvalue weighted by atomic mass is 32.2. The molecule has 0 bridgehead atoms. The van der Waals surface area contributed by atoms with Crippen molar-refractivity contribution in [3.05, 3.63) is 18.0 Å². The Balaban J connectivity index is 1.94. The standard InChI is InChI=1S/C14H18N4OS/c1-9-6-10-7-15-13(20-2)18-11(10)12(17-9)16-8-14(19)4-3-5-14/h6-7,19H,3-5,8H2,1-2H3,(H,16,17). The van der Waals surface area contributed by atoms with Crippen LogP contribution in [0.4, 0.5) is 5.82 Å². The minimum atomic E-state index is -0.576. The molecule has 0 atom stereocenters. The number of hydrogen-bond acceptors (Lipinski definition) is 6. The van der Waals surface area contributed by atoms with Gasteiger partial charge >= 0.3 is 0 Å². The Morgan fingerprint density at radius 3 is 2.85 bits per heavy atom. The lowest BCUT2D eigenvalue weighted by Crippen LogP contribution is -2.43. The first kappa shape index (κ1) is 13.6. The van der Waals surface area contributed by atoms with Crippen LogP contribution in [0.2, 0.25) is 0 Å². The molecule has 0 aliphatic heterocycles. The van der Waals surface area contributed by atoms with E-state index < -0.39 is 5.60 Å². The molecular formula is C14H18N4OS. The highest BCUT2D eigenvalue weighted by molar-refractivity contribution is 7.98. The minimum Gasteiger partial charge on any atom is -0.388 e. The van der Waals surface area contributed by atoms with E-state index in [1.165, 1.54) is 11.8 Å². The monoisotopic (exact) mass is 290 g/mol. The first-order chi connectivity index (χ1) is 9.59. The molecule has 2 aromatic rings. The van der Waals surface area contributed by atoms with E-state index in [-0.39, 0.29) is 0 Å². The fraction of sp³-hybridized carbons (Fsp3) is 0.500. The van der Waals surface area contributed by atoms with Crippen molar-refractivity contribution in [2.45, 2.75) is 36.9 Å². The van der Waals surface area contributed by atoms with Crippen molar-refractivity contribution >= 4 is 28.5 Å². The van der Waals surface area contributed by atoms with Gasteiger partial charge in [0.2, 0.25) is 0 Å². The second-order valence-corrected chi connectivity index (χ2v) is 6.11. The number of anilines is 1. The van der Waals surface area contributed by atoms with Gasteiger partial charge < -0.3 is 10.4 Å². The maximum atomic E-state index is 10.2. The summed E-state index contributed by atoms with van der Waals surface area (Å²) in [6.07, 6.45) is 6.58. The Bertz CT molecular complexity index is 642. The molecule has 6 heteroatoms. The van der Waals surface area contributed by atoms with Gasteiger partial charge in [-0.15, -0.1) is 0 Å². The van der Waals surface area contributed by atoms with Gasteiger partial charge in [0.25, 0.3) is 0 Å². The number of rotatable bonds is 4. The van der Waals surface area contributed by atoms with Crippen LogP contribution in [0.1, 0.15) is 25.0 Å². The van der Waals surface area contributed by atoms with Crippen LogP contribution >= 0.6 is 11.8 Å². The summed E-state index contributed by atoms with van der Waals surface area (Å²) in [6.45, 7) is 2.47. The second kappa shape index (κ2) is 5.18.